The summed E-state index contributed by atoms with van der Waals surface area (Å²) in [6, 6.07) is 0. The Balaban J connectivity index is 2.14. The van der Waals surface area contributed by atoms with E-state index in [1.165, 1.54) is 25.0 Å². The molecule has 94 valence electrons. The maximum Gasteiger partial charge on any atom is 0.138 e. The maximum atomic E-state index is 11.7. The molecule has 1 atom stereocenters. The van der Waals surface area contributed by atoms with Gasteiger partial charge in [0.05, 0.1) is 0 Å². The maximum absolute atomic E-state index is 11.7. The van der Waals surface area contributed by atoms with Gasteiger partial charge < -0.3 is 0 Å². The number of ketones is 1. The van der Waals surface area contributed by atoms with Gasteiger partial charge in [-0.1, -0.05) is 48.8 Å². The summed E-state index contributed by atoms with van der Waals surface area (Å²) in [6.45, 7) is 8.41. The lowest BCUT2D eigenvalue weighted by atomic mass is 9.87. The summed E-state index contributed by atoms with van der Waals surface area (Å²) in [6.07, 6.45) is 5.62. The molecule has 16 heavy (non-hydrogen) atoms. The molecule has 0 aliphatic carbocycles. The zero-order valence-electron chi connectivity index (χ0n) is 11.0. The minimum absolute atomic E-state index is 0.151. The van der Waals surface area contributed by atoms with Crippen LogP contribution in [0, 0.1) is 5.41 Å². The van der Waals surface area contributed by atoms with Crippen LogP contribution in [0.3, 0.4) is 0 Å². The van der Waals surface area contributed by atoms with Crippen molar-refractivity contribution < 1.29 is 4.79 Å². The van der Waals surface area contributed by atoms with Gasteiger partial charge in [0.15, 0.2) is 0 Å². The average molecular weight is 260 g/mol. The topological polar surface area (TPSA) is 17.1 Å². The molecule has 1 heterocycles. The number of carbonyl (C=O) groups is 1. The van der Waals surface area contributed by atoms with Gasteiger partial charge in [0, 0.05) is 22.3 Å². The van der Waals surface area contributed by atoms with Crippen LogP contribution in [0.5, 0.6) is 0 Å². The standard InChI is InChI=1S/C13H24OS2/c1-12(2,3)11(14)7-5-6-8-13(4)9-10-15-16-13/h5-10H2,1-4H3/t13-/m1/s1. The van der Waals surface area contributed by atoms with Gasteiger partial charge in [-0.25, -0.2) is 0 Å². The van der Waals surface area contributed by atoms with E-state index in [1.54, 1.807) is 0 Å². The molecule has 0 N–H and O–H groups in total. The van der Waals surface area contributed by atoms with E-state index in [0.29, 0.717) is 10.5 Å². The van der Waals surface area contributed by atoms with E-state index in [0.717, 1.165) is 12.8 Å². The Bertz CT molecular complexity index is 237. The highest BCUT2D eigenvalue weighted by atomic mass is 33.1. The van der Waals surface area contributed by atoms with E-state index in [1.807, 2.05) is 42.4 Å². The Kier molecular flexibility index (Phi) is 5.24. The predicted molar refractivity (Wildman–Crippen MR) is 76.0 cm³/mol. The van der Waals surface area contributed by atoms with Gasteiger partial charge in [0.25, 0.3) is 0 Å². The molecule has 0 unspecified atom stereocenters. The molecule has 1 aliphatic rings. The molecule has 0 saturated carbocycles. The van der Waals surface area contributed by atoms with Crippen molar-refractivity contribution in [3.8, 4) is 0 Å². The highest BCUT2D eigenvalue weighted by Gasteiger charge is 2.29. The van der Waals surface area contributed by atoms with Crippen molar-refractivity contribution in [3.63, 3.8) is 0 Å². The summed E-state index contributed by atoms with van der Waals surface area (Å²) in [5.74, 6) is 1.70. The van der Waals surface area contributed by atoms with Gasteiger partial charge in [-0.05, 0) is 26.2 Å². The highest BCUT2D eigenvalue weighted by Crippen LogP contribution is 2.49. The van der Waals surface area contributed by atoms with Crippen LogP contribution >= 0.6 is 21.6 Å². The number of Topliss-reactive ketones (excluding diaryl/α,β-unsaturated/α-hetero) is 1. The molecule has 0 radical (unpaired) electrons. The quantitative estimate of drug-likeness (QED) is 0.526. The monoisotopic (exact) mass is 260 g/mol. The van der Waals surface area contributed by atoms with Crippen molar-refractivity contribution in [1.29, 1.82) is 0 Å². The molecular formula is C13H24OS2. The second kappa shape index (κ2) is 5.81. The van der Waals surface area contributed by atoms with Crippen LogP contribution in [-0.2, 0) is 4.79 Å². The summed E-state index contributed by atoms with van der Waals surface area (Å²) in [4.78, 5) is 11.7. The van der Waals surface area contributed by atoms with E-state index in [2.05, 4.69) is 6.92 Å². The first-order valence-corrected chi connectivity index (χ1v) is 8.49. The van der Waals surface area contributed by atoms with Crippen LogP contribution in [0.2, 0.25) is 0 Å². The Labute approximate surface area is 108 Å². The molecule has 1 rings (SSSR count). The largest absolute Gasteiger partial charge is 0.299 e. The van der Waals surface area contributed by atoms with Crippen LogP contribution in [0.4, 0.5) is 0 Å². The van der Waals surface area contributed by atoms with Gasteiger partial charge in [-0.15, -0.1) is 0 Å². The second-order valence-electron chi connectivity index (χ2n) is 5.99. The highest BCUT2D eigenvalue weighted by molar-refractivity contribution is 8.77. The normalized spacial score (nSPS) is 26.0. The minimum Gasteiger partial charge on any atom is -0.299 e. The van der Waals surface area contributed by atoms with Crippen molar-refractivity contribution in [2.75, 3.05) is 5.75 Å². The SMILES string of the molecule is CC(C)(C)C(=O)CCCC[C@]1(C)CCSS1. The lowest BCUT2D eigenvalue weighted by Gasteiger charge is -2.21. The first-order chi connectivity index (χ1) is 7.33. The van der Waals surface area contributed by atoms with E-state index in [4.69, 9.17) is 0 Å². The summed E-state index contributed by atoms with van der Waals surface area (Å²) >= 11 is 0. The Morgan fingerprint density at radius 3 is 2.50 bits per heavy atom. The van der Waals surface area contributed by atoms with Crippen molar-refractivity contribution in [2.24, 2.45) is 5.41 Å². The van der Waals surface area contributed by atoms with Gasteiger partial charge >= 0.3 is 0 Å². The fraction of sp³-hybridized carbons (Fsp3) is 0.923. The number of hydrogen-bond acceptors (Lipinski definition) is 3. The molecule has 0 amide bonds. The van der Waals surface area contributed by atoms with Crippen molar-refractivity contribution in [3.05, 3.63) is 0 Å². The Morgan fingerprint density at radius 1 is 1.31 bits per heavy atom. The molecular weight excluding hydrogens is 236 g/mol. The molecule has 0 bridgehead atoms. The number of rotatable bonds is 5. The van der Waals surface area contributed by atoms with Crippen LogP contribution < -0.4 is 0 Å². The van der Waals surface area contributed by atoms with Gasteiger partial charge in [0.2, 0.25) is 0 Å². The minimum atomic E-state index is -0.151. The fourth-order valence-corrected chi connectivity index (χ4v) is 5.11. The molecule has 1 aliphatic heterocycles. The van der Waals surface area contributed by atoms with Crippen molar-refractivity contribution >= 4 is 27.4 Å². The first kappa shape index (κ1) is 14.4. The van der Waals surface area contributed by atoms with Crippen LogP contribution in [0.15, 0.2) is 0 Å². The average Bonchev–Trinajstić information content (AvgIpc) is 2.58. The van der Waals surface area contributed by atoms with Gasteiger partial charge in [-0.2, -0.15) is 0 Å². The van der Waals surface area contributed by atoms with E-state index >= 15 is 0 Å². The summed E-state index contributed by atoms with van der Waals surface area (Å²) in [5.41, 5.74) is -0.151. The smallest absolute Gasteiger partial charge is 0.138 e. The molecule has 0 spiro atoms. The van der Waals surface area contributed by atoms with Crippen molar-refractivity contribution in [1.82, 2.24) is 0 Å². The van der Waals surface area contributed by atoms with E-state index < -0.39 is 0 Å². The van der Waals surface area contributed by atoms with Crippen LogP contribution in [0.25, 0.3) is 0 Å². The summed E-state index contributed by atoms with van der Waals surface area (Å²) in [7, 11) is 4.04. The lowest BCUT2D eigenvalue weighted by Crippen LogP contribution is -2.20. The van der Waals surface area contributed by atoms with E-state index in [-0.39, 0.29) is 5.41 Å². The Hall–Kier alpha value is 0.370. The molecule has 0 aromatic heterocycles. The summed E-state index contributed by atoms with van der Waals surface area (Å²) < 4.78 is 0.482. The Morgan fingerprint density at radius 2 is 2.00 bits per heavy atom. The third-order valence-electron chi connectivity index (χ3n) is 3.17. The summed E-state index contributed by atoms with van der Waals surface area (Å²) in [5, 5.41) is 0. The predicted octanol–water partition coefficient (Wildman–Crippen LogP) is 4.71. The number of carbonyl (C=O) groups excluding carboxylic acids is 1. The zero-order valence-corrected chi connectivity index (χ0v) is 12.6. The zero-order chi connectivity index (χ0) is 12.2. The van der Waals surface area contributed by atoms with Crippen LogP contribution in [0.1, 0.15) is 59.8 Å². The van der Waals surface area contributed by atoms with Gasteiger partial charge in [-0.3, -0.25) is 4.79 Å². The third-order valence-corrected chi connectivity index (χ3v) is 6.53. The van der Waals surface area contributed by atoms with E-state index in [9.17, 15) is 4.79 Å². The molecule has 0 aromatic carbocycles. The van der Waals surface area contributed by atoms with Gasteiger partial charge in [0.1, 0.15) is 5.78 Å². The van der Waals surface area contributed by atoms with Crippen molar-refractivity contribution in [2.45, 2.75) is 64.5 Å². The molecule has 1 fully saturated rings. The number of unbranched alkanes of at least 4 members (excludes halogenated alkanes) is 1. The molecule has 1 nitrogen and oxygen atoms in total. The molecule has 3 heteroatoms. The molecule has 0 aromatic rings. The van der Waals surface area contributed by atoms with Crippen LogP contribution in [-0.4, -0.2) is 16.3 Å². The molecule has 1 saturated heterocycles. The lowest BCUT2D eigenvalue weighted by molar-refractivity contribution is -0.126. The number of hydrogen-bond donors (Lipinski definition) is 0. The third kappa shape index (κ3) is 4.70. The first-order valence-electron chi connectivity index (χ1n) is 6.17. The second-order valence-corrected chi connectivity index (χ2v) is 8.99. The fourth-order valence-electron chi connectivity index (χ4n) is 1.81.